The number of rotatable bonds is 4. The second kappa shape index (κ2) is 6.17. The quantitative estimate of drug-likeness (QED) is 0.908. The van der Waals surface area contributed by atoms with Crippen LogP contribution in [0.25, 0.3) is 0 Å². The van der Waals surface area contributed by atoms with Crippen LogP contribution in [-0.4, -0.2) is 17.0 Å². The Bertz CT molecular complexity index is 698. The number of carboxylic acids is 1. The number of carboxylic acid groups (broad SMARTS) is 1. The van der Waals surface area contributed by atoms with E-state index in [1.807, 2.05) is 0 Å². The number of anilines is 1. The number of nitrogens with one attached hydrogen (secondary N) is 1. The van der Waals surface area contributed by atoms with Crippen molar-refractivity contribution in [1.82, 2.24) is 0 Å². The number of hydrogen-bond donors (Lipinski definition) is 2. The zero-order valence-corrected chi connectivity index (χ0v) is 11.4. The molecule has 0 bridgehead atoms. The lowest BCUT2D eigenvalue weighted by molar-refractivity contribution is -0.115. The van der Waals surface area contributed by atoms with Gasteiger partial charge in [0.2, 0.25) is 5.91 Å². The molecule has 0 aliphatic heterocycles. The molecule has 21 heavy (non-hydrogen) atoms. The number of amides is 1. The van der Waals surface area contributed by atoms with E-state index >= 15 is 0 Å². The lowest BCUT2D eigenvalue weighted by atomic mass is 10.1. The summed E-state index contributed by atoms with van der Waals surface area (Å²) < 4.78 is 13.5. The number of aryl methyl sites for hydroxylation is 1. The molecule has 0 radical (unpaired) electrons. The van der Waals surface area contributed by atoms with Crippen LogP contribution in [0.2, 0.25) is 0 Å². The average molecular weight is 287 g/mol. The Morgan fingerprint density at radius 3 is 2.52 bits per heavy atom. The van der Waals surface area contributed by atoms with E-state index in [2.05, 4.69) is 5.32 Å². The molecule has 2 aromatic carbocycles. The molecule has 2 rings (SSSR count). The number of carbonyl (C=O) groups is 2. The van der Waals surface area contributed by atoms with Gasteiger partial charge in [-0.25, -0.2) is 9.18 Å². The molecule has 4 nitrogen and oxygen atoms in total. The van der Waals surface area contributed by atoms with E-state index in [4.69, 9.17) is 0 Å². The molecule has 0 saturated carbocycles. The molecule has 5 heteroatoms. The van der Waals surface area contributed by atoms with Crippen LogP contribution in [0.4, 0.5) is 10.1 Å². The standard InChI is InChI=1S/C16H14FNO3/c1-10-5-4-8-13(15(10)16(20)21)18-14(19)9-11-6-2-3-7-12(11)17/h2-8H,9H2,1H3,(H,18,19)(H,20,21). The number of aromatic carboxylic acids is 1. The molecule has 0 aromatic heterocycles. The first-order chi connectivity index (χ1) is 9.99. The van der Waals surface area contributed by atoms with Crippen molar-refractivity contribution in [3.63, 3.8) is 0 Å². The molecule has 0 atom stereocenters. The maximum Gasteiger partial charge on any atom is 0.338 e. The lowest BCUT2D eigenvalue weighted by Gasteiger charge is -2.10. The van der Waals surface area contributed by atoms with E-state index in [1.54, 1.807) is 31.2 Å². The van der Waals surface area contributed by atoms with E-state index in [0.717, 1.165) is 0 Å². The van der Waals surface area contributed by atoms with Gasteiger partial charge in [0, 0.05) is 0 Å². The van der Waals surface area contributed by atoms with Crippen molar-refractivity contribution in [1.29, 1.82) is 0 Å². The van der Waals surface area contributed by atoms with Gasteiger partial charge in [-0.15, -0.1) is 0 Å². The minimum atomic E-state index is -1.12. The molecule has 0 heterocycles. The number of carbonyl (C=O) groups excluding carboxylic acids is 1. The third-order valence-electron chi connectivity index (χ3n) is 3.07. The van der Waals surface area contributed by atoms with E-state index in [1.165, 1.54) is 18.2 Å². The minimum Gasteiger partial charge on any atom is -0.478 e. The summed E-state index contributed by atoms with van der Waals surface area (Å²) in [7, 11) is 0. The van der Waals surface area contributed by atoms with Gasteiger partial charge >= 0.3 is 5.97 Å². The van der Waals surface area contributed by atoms with Crippen molar-refractivity contribution in [3.05, 3.63) is 65.0 Å². The van der Waals surface area contributed by atoms with Gasteiger partial charge < -0.3 is 10.4 Å². The van der Waals surface area contributed by atoms with Gasteiger partial charge in [0.25, 0.3) is 0 Å². The number of benzene rings is 2. The molecule has 0 aliphatic carbocycles. The van der Waals surface area contributed by atoms with Crippen molar-refractivity contribution in [2.75, 3.05) is 5.32 Å². The van der Waals surface area contributed by atoms with Crippen LogP contribution in [0, 0.1) is 12.7 Å². The molecule has 0 unspecified atom stereocenters. The summed E-state index contributed by atoms with van der Waals surface area (Å²) in [4.78, 5) is 23.2. The molecule has 0 saturated heterocycles. The summed E-state index contributed by atoms with van der Waals surface area (Å²) >= 11 is 0. The highest BCUT2D eigenvalue weighted by molar-refractivity contribution is 6.02. The smallest absolute Gasteiger partial charge is 0.338 e. The monoisotopic (exact) mass is 287 g/mol. The predicted molar refractivity (Wildman–Crippen MR) is 76.9 cm³/mol. The summed E-state index contributed by atoms with van der Waals surface area (Å²) in [5, 5.41) is 11.7. The molecule has 0 aliphatic rings. The van der Waals surface area contributed by atoms with Crippen LogP contribution in [0.15, 0.2) is 42.5 Å². The minimum absolute atomic E-state index is 0.0411. The van der Waals surface area contributed by atoms with Crippen molar-refractivity contribution in [2.45, 2.75) is 13.3 Å². The summed E-state index contributed by atoms with van der Waals surface area (Å²) in [5.74, 6) is -2.04. The molecule has 2 aromatic rings. The van der Waals surface area contributed by atoms with Gasteiger partial charge in [-0.2, -0.15) is 0 Å². The summed E-state index contributed by atoms with van der Waals surface area (Å²) in [6.45, 7) is 1.65. The Morgan fingerprint density at radius 2 is 1.86 bits per heavy atom. The molecule has 2 N–H and O–H groups in total. The van der Waals surface area contributed by atoms with Crippen LogP contribution < -0.4 is 5.32 Å². The number of hydrogen-bond acceptors (Lipinski definition) is 2. The van der Waals surface area contributed by atoms with Crippen molar-refractivity contribution in [3.8, 4) is 0 Å². The maximum atomic E-state index is 13.5. The first-order valence-electron chi connectivity index (χ1n) is 6.35. The Kier molecular flexibility index (Phi) is 4.33. The zero-order chi connectivity index (χ0) is 15.4. The van der Waals surface area contributed by atoms with Gasteiger partial charge in [0.05, 0.1) is 17.7 Å². The normalized spacial score (nSPS) is 10.2. The van der Waals surface area contributed by atoms with Gasteiger partial charge in [-0.3, -0.25) is 4.79 Å². The first kappa shape index (κ1) is 14.7. The van der Waals surface area contributed by atoms with Crippen LogP contribution >= 0.6 is 0 Å². The highest BCUT2D eigenvalue weighted by Crippen LogP contribution is 2.20. The van der Waals surface area contributed by atoms with E-state index in [9.17, 15) is 19.1 Å². The van der Waals surface area contributed by atoms with Crippen LogP contribution in [0.1, 0.15) is 21.5 Å². The molecule has 0 fully saturated rings. The zero-order valence-electron chi connectivity index (χ0n) is 11.4. The van der Waals surface area contributed by atoms with Gasteiger partial charge in [-0.05, 0) is 30.2 Å². The van der Waals surface area contributed by atoms with E-state index in [0.29, 0.717) is 5.56 Å². The fourth-order valence-electron chi connectivity index (χ4n) is 2.06. The second-order valence-corrected chi connectivity index (χ2v) is 4.62. The van der Waals surface area contributed by atoms with E-state index in [-0.39, 0.29) is 23.2 Å². The fourth-order valence-corrected chi connectivity index (χ4v) is 2.06. The molecule has 108 valence electrons. The Morgan fingerprint density at radius 1 is 1.14 bits per heavy atom. The maximum absolute atomic E-state index is 13.5. The third kappa shape index (κ3) is 3.45. The highest BCUT2D eigenvalue weighted by atomic mass is 19.1. The number of halogens is 1. The van der Waals surface area contributed by atoms with Gasteiger partial charge in [0.15, 0.2) is 0 Å². The van der Waals surface area contributed by atoms with Crippen LogP contribution in [0.3, 0.4) is 0 Å². The fraction of sp³-hybridized carbons (Fsp3) is 0.125. The topological polar surface area (TPSA) is 66.4 Å². The van der Waals surface area contributed by atoms with Crippen molar-refractivity contribution in [2.24, 2.45) is 0 Å². The Hall–Kier alpha value is -2.69. The SMILES string of the molecule is Cc1cccc(NC(=O)Cc2ccccc2F)c1C(=O)O. The Balaban J connectivity index is 2.19. The Labute approximate surface area is 121 Å². The summed E-state index contributed by atoms with van der Waals surface area (Å²) in [5.41, 5.74) is 1.06. The van der Waals surface area contributed by atoms with Crippen LogP contribution in [0.5, 0.6) is 0 Å². The predicted octanol–water partition coefficient (Wildman–Crippen LogP) is 3.01. The van der Waals surface area contributed by atoms with E-state index < -0.39 is 17.7 Å². The molecule has 1 amide bonds. The first-order valence-corrected chi connectivity index (χ1v) is 6.35. The summed E-state index contributed by atoms with van der Waals surface area (Å²) in [6, 6.07) is 10.8. The lowest BCUT2D eigenvalue weighted by Crippen LogP contribution is -2.18. The molecular weight excluding hydrogens is 273 g/mol. The molecule has 0 spiro atoms. The van der Waals surface area contributed by atoms with Crippen molar-refractivity contribution < 1.29 is 19.1 Å². The largest absolute Gasteiger partial charge is 0.478 e. The van der Waals surface area contributed by atoms with Gasteiger partial charge in [0.1, 0.15) is 5.82 Å². The van der Waals surface area contributed by atoms with Crippen molar-refractivity contribution >= 4 is 17.6 Å². The second-order valence-electron chi connectivity index (χ2n) is 4.62. The summed E-state index contributed by atoms with van der Waals surface area (Å²) in [6.07, 6.45) is -0.153. The molecular formula is C16H14FNO3. The van der Waals surface area contributed by atoms with Crippen LogP contribution in [-0.2, 0) is 11.2 Å². The average Bonchev–Trinajstić information content (AvgIpc) is 2.41. The third-order valence-corrected chi connectivity index (χ3v) is 3.07. The van der Waals surface area contributed by atoms with Gasteiger partial charge in [-0.1, -0.05) is 30.3 Å². The highest BCUT2D eigenvalue weighted by Gasteiger charge is 2.15.